The first-order chi connectivity index (χ1) is 7.66. The molecule has 0 atom stereocenters. The van der Waals surface area contributed by atoms with Crippen LogP contribution in [0.25, 0.3) is 0 Å². The highest BCUT2D eigenvalue weighted by atomic mass is 16.1. The molecule has 86 valence electrons. The van der Waals surface area contributed by atoms with Crippen LogP contribution in [-0.4, -0.2) is 23.9 Å². The summed E-state index contributed by atoms with van der Waals surface area (Å²) < 4.78 is 0. The molecular weight excluding hydrogens is 200 g/mol. The van der Waals surface area contributed by atoms with Crippen molar-refractivity contribution >= 4 is 11.6 Å². The maximum Gasteiger partial charge on any atom is 0.161 e. The summed E-state index contributed by atoms with van der Waals surface area (Å²) in [6.07, 6.45) is 4.14. The third kappa shape index (κ3) is 2.40. The van der Waals surface area contributed by atoms with Crippen molar-refractivity contribution in [1.82, 2.24) is 4.98 Å². The summed E-state index contributed by atoms with van der Waals surface area (Å²) in [7, 11) is 0. The van der Waals surface area contributed by atoms with Crippen LogP contribution in [0.3, 0.4) is 0 Å². The number of anilines is 1. The van der Waals surface area contributed by atoms with Crippen molar-refractivity contribution in [1.29, 1.82) is 0 Å². The van der Waals surface area contributed by atoms with Crippen LogP contribution in [0.15, 0.2) is 18.3 Å². The molecule has 0 radical (unpaired) electrons. The number of nitrogens with zero attached hydrogens (tertiary/aromatic N) is 2. The second-order valence-electron chi connectivity index (χ2n) is 4.63. The average Bonchev–Trinajstić information content (AvgIpc) is 2.30. The molecule has 2 heterocycles. The van der Waals surface area contributed by atoms with E-state index in [0.717, 1.165) is 24.8 Å². The normalized spacial score (nSPS) is 17.5. The third-order valence-electron chi connectivity index (χ3n) is 3.26. The summed E-state index contributed by atoms with van der Waals surface area (Å²) >= 11 is 0. The Morgan fingerprint density at radius 3 is 2.56 bits per heavy atom. The number of aromatic nitrogens is 1. The van der Waals surface area contributed by atoms with Gasteiger partial charge in [0, 0.05) is 24.8 Å². The predicted octanol–water partition coefficient (Wildman–Crippen LogP) is 2.52. The van der Waals surface area contributed by atoms with Crippen molar-refractivity contribution < 1.29 is 4.79 Å². The Morgan fingerprint density at radius 1 is 1.38 bits per heavy atom. The maximum atomic E-state index is 11.1. The highest BCUT2D eigenvalue weighted by Crippen LogP contribution is 2.21. The van der Waals surface area contributed by atoms with Crippen molar-refractivity contribution in [3.05, 3.63) is 23.9 Å². The SMILES string of the molecule is CC(=O)c1ccc(N2CCC(C)CC2)nc1. The molecule has 0 bridgehead atoms. The van der Waals surface area contributed by atoms with Gasteiger partial charge in [0.15, 0.2) is 5.78 Å². The molecule has 0 amide bonds. The lowest BCUT2D eigenvalue weighted by Gasteiger charge is -2.31. The zero-order chi connectivity index (χ0) is 11.5. The van der Waals surface area contributed by atoms with E-state index in [1.165, 1.54) is 12.8 Å². The summed E-state index contributed by atoms with van der Waals surface area (Å²) in [6.45, 7) is 6.02. The van der Waals surface area contributed by atoms with Crippen molar-refractivity contribution in [2.24, 2.45) is 5.92 Å². The van der Waals surface area contributed by atoms with E-state index in [1.54, 1.807) is 13.1 Å². The summed E-state index contributed by atoms with van der Waals surface area (Å²) in [5, 5.41) is 0. The molecule has 3 nitrogen and oxygen atoms in total. The fourth-order valence-corrected chi connectivity index (χ4v) is 2.02. The third-order valence-corrected chi connectivity index (χ3v) is 3.26. The number of ketones is 1. The van der Waals surface area contributed by atoms with Gasteiger partial charge in [-0.25, -0.2) is 4.98 Å². The fraction of sp³-hybridized carbons (Fsp3) is 0.538. The molecule has 16 heavy (non-hydrogen) atoms. The van der Waals surface area contributed by atoms with E-state index < -0.39 is 0 Å². The van der Waals surface area contributed by atoms with Crippen LogP contribution in [0.5, 0.6) is 0 Å². The van der Waals surface area contributed by atoms with Crippen LogP contribution in [0.2, 0.25) is 0 Å². The van der Waals surface area contributed by atoms with Crippen LogP contribution in [0, 0.1) is 5.92 Å². The minimum absolute atomic E-state index is 0.0753. The largest absolute Gasteiger partial charge is 0.357 e. The van der Waals surface area contributed by atoms with Crippen LogP contribution in [0.4, 0.5) is 5.82 Å². The molecule has 1 fully saturated rings. The number of pyridine rings is 1. The van der Waals surface area contributed by atoms with E-state index in [-0.39, 0.29) is 5.78 Å². The Balaban J connectivity index is 2.07. The van der Waals surface area contributed by atoms with Crippen LogP contribution in [-0.2, 0) is 0 Å². The fourth-order valence-electron chi connectivity index (χ4n) is 2.02. The topological polar surface area (TPSA) is 33.2 Å². The van der Waals surface area contributed by atoms with Crippen molar-refractivity contribution in [2.45, 2.75) is 26.7 Å². The monoisotopic (exact) mass is 218 g/mol. The number of carbonyl (C=O) groups excluding carboxylic acids is 1. The number of hydrogen-bond acceptors (Lipinski definition) is 3. The number of carbonyl (C=O) groups is 1. The summed E-state index contributed by atoms with van der Waals surface area (Å²) in [6, 6.07) is 3.81. The molecule has 1 aromatic rings. The average molecular weight is 218 g/mol. The molecule has 0 unspecified atom stereocenters. The second kappa shape index (κ2) is 4.64. The van der Waals surface area contributed by atoms with Gasteiger partial charge in [0.25, 0.3) is 0 Å². The van der Waals surface area contributed by atoms with Gasteiger partial charge in [-0.15, -0.1) is 0 Å². The molecule has 0 saturated carbocycles. The van der Waals surface area contributed by atoms with E-state index in [2.05, 4.69) is 16.8 Å². The predicted molar refractivity (Wildman–Crippen MR) is 64.9 cm³/mol. The van der Waals surface area contributed by atoms with Gasteiger partial charge in [0.05, 0.1) is 0 Å². The number of rotatable bonds is 2. The molecule has 0 N–H and O–H groups in total. The Kier molecular flexibility index (Phi) is 3.22. The number of hydrogen-bond donors (Lipinski definition) is 0. The molecule has 1 aromatic heterocycles. The molecule has 1 aliphatic rings. The Bertz CT molecular complexity index is 364. The van der Waals surface area contributed by atoms with Crippen molar-refractivity contribution in [3.63, 3.8) is 0 Å². The quantitative estimate of drug-likeness (QED) is 0.715. The molecule has 2 rings (SSSR count). The van der Waals surface area contributed by atoms with Gasteiger partial charge in [-0.2, -0.15) is 0 Å². The summed E-state index contributed by atoms with van der Waals surface area (Å²) in [5.74, 6) is 1.90. The van der Waals surface area contributed by atoms with Crippen LogP contribution < -0.4 is 4.90 Å². The zero-order valence-corrected chi connectivity index (χ0v) is 9.94. The highest BCUT2D eigenvalue weighted by molar-refractivity contribution is 5.93. The molecule has 1 saturated heterocycles. The smallest absolute Gasteiger partial charge is 0.161 e. The van der Waals surface area contributed by atoms with Crippen molar-refractivity contribution in [2.75, 3.05) is 18.0 Å². The Hall–Kier alpha value is -1.38. The van der Waals surface area contributed by atoms with Gasteiger partial charge in [-0.05, 0) is 37.8 Å². The van der Waals surface area contributed by atoms with Gasteiger partial charge in [0.1, 0.15) is 5.82 Å². The Labute approximate surface area is 96.5 Å². The molecule has 0 spiro atoms. The van der Waals surface area contributed by atoms with Gasteiger partial charge in [0.2, 0.25) is 0 Å². The van der Waals surface area contributed by atoms with E-state index in [4.69, 9.17) is 0 Å². The second-order valence-corrected chi connectivity index (χ2v) is 4.63. The standard InChI is InChI=1S/C13H18N2O/c1-10-5-7-15(8-6-10)13-4-3-12(9-14-13)11(2)16/h3-4,9-10H,5-8H2,1-2H3. The molecule has 3 heteroatoms. The Morgan fingerprint density at radius 2 is 2.06 bits per heavy atom. The van der Waals surface area contributed by atoms with E-state index in [1.807, 2.05) is 12.1 Å². The summed E-state index contributed by atoms with van der Waals surface area (Å²) in [4.78, 5) is 17.8. The van der Waals surface area contributed by atoms with Gasteiger partial charge in [-0.1, -0.05) is 6.92 Å². The van der Waals surface area contributed by atoms with Crippen LogP contribution in [0.1, 0.15) is 37.0 Å². The van der Waals surface area contributed by atoms with Crippen molar-refractivity contribution in [3.8, 4) is 0 Å². The minimum Gasteiger partial charge on any atom is -0.357 e. The van der Waals surface area contributed by atoms with Gasteiger partial charge in [-0.3, -0.25) is 4.79 Å². The number of piperidine rings is 1. The highest BCUT2D eigenvalue weighted by Gasteiger charge is 2.16. The number of Topliss-reactive ketones (excluding diaryl/α,β-unsaturated/α-hetero) is 1. The lowest BCUT2D eigenvalue weighted by atomic mass is 9.99. The summed E-state index contributed by atoms with van der Waals surface area (Å²) in [5.41, 5.74) is 0.689. The lowest BCUT2D eigenvalue weighted by Crippen LogP contribution is -2.33. The van der Waals surface area contributed by atoms with E-state index in [9.17, 15) is 4.79 Å². The van der Waals surface area contributed by atoms with Crippen LogP contribution >= 0.6 is 0 Å². The first-order valence-corrected chi connectivity index (χ1v) is 5.89. The molecule has 1 aliphatic heterocycles. The lowest BCUT2D eigenvalue weighted by molar-refractivity contribution is 0.101. The minimum atomic E-state index is 0.0753. The molecule has 0 aliphatic carbocycles. The first kappa shape index (κ1) is 11.1. The maximum absolute atomic E-state index is 11.1. The van der Waals surface area contributed by atoms with E-state index in [0.29, 0.717) is 5.56 Å². The molecule has 0 aromatic carbocycles. The van der Waals surface area contributed by atoms with Gasteiger partial charge < -0.3 is 4.90 Å². The first-order valence-electron chi connectivity index (χ1n) is 5.89. The zero-order valence-electron chi connectivity index (χ0n) is 9.94. The molecular formula is C13H18N2O. The van der Waals surface area contributed by atoms with E-state index >= 15 is 0 Å². The van der Waals surface area contributed by atoms with Gasteiger partial charge >= 0.3 is 0 Å².